The Kier molecular flexibility index (Phi) is 6.75. The number of nitrogens with zero attached hydrogens (tertiary/aromatic N) is 1. The second-order valence-electron chi connectivity index (χ2n) is 9.19. The summed E-state index contributed by atoms with van der Waals surface area (Å²) in [4.78, 5) is 31.7. The molecule has 0 bridgehead atoms. The molecule has 2 aliphatic heterocycles. The van der Waals surface area contributed by atoms with Crippen LogP contribution in [0.5, 0.6) is 0 Å². The molecule has 1 saturated heterocycles. The molecular weight excluding hydrogens is 460 g/mol. The first kappa shape index (κ1) is 23.4. The van der Waals surface area contributed by atoms with Crippen molar-refractivity contribution in [2.24, 2.45) is 0 Å². The van der Waals surface area contributed by atoms with Crippen LogP contribution in [0.1, 0.15) is 46.6 Å². The smallest absolute Gasteiger partial charge is 0.256 e. The SMILES string of the molecule is Cc1cc(C(=O)NCCCN2CCCC2)c(/C=C2\C(=O)Nc3cccc(-c4ccc(Cl)cc4)c32)[nH]1. The van der Waals surface area contributed by atoms with E-state index in [-0.39, 0.29) is 11.8 Å². The highest BCUT2D eigenvalue weighted by atomic mass is 35.5. The molecule has 0 spiro atoms. The third-order valence-corrected chi connectivity index (χ3v) is 6.89. The molecule has 2 aliphatic rings. The average Bonchev–Trinajstić information content (AvgIpc) is 3.57. The Labute approximate surface area is 210 Å². The monoisotopic (exact) mass is 488 g/mol. The third-order valence-electron chi connectivity index (χ3n) is 6.63. The number of carbonyl (C=O) groups excluding carboxylic acids is 2. The zero-order chi connectivity index (χ0) is 24.4. The average molecular weight is 489 g/mol. The number of amides is 2. The van der Waals surface area contributed by atoms with Crippen molar-refractivity contribution in [3.8, 4) is 11.1 Å². The van der Waals surface area contributed by atoms with Gasteiger partial charge in [0, 0.05) is 28.5 Å². The molecule has 3 aromatic rings. The molecule has 0 unspecified atom stereocenters. The zero-order valence-corrected chi connectivity index (χ0v) is 20.5. The number of anilines is 1. The number of aromatic amines is 1. The first-order chi connectivity index (χ1) is 17.0. The van der Waals surface area contributed by atoms with Crippen molar-refractivity contribution in [2.45, 2.75) is 26.2 Å². The Bertz CT molecular complexity index is 1290. The minimum atomic E-state index is -0.189. The Morgan fingerprint density at radius 3 is 2.69 bits per heavy atom. The van der Waals surface area contributed by atoms with Crippen LogP contribution in [0.15, 0.2) is 48.5 Å². The van der Waals surface area contributed by atoms with Crippen LogP contribution in [0.4, 0.5) is 5.69 Å². The van der Waals surface area contributed by atoms with Crippen LogP contribution in [0.2, 0.25) is 5.02 Å². The fourth-order valence-corrected chi connectivity index (χ4v) is 5.05. The molecule has 1 aromatic heterocycles. The van der Waals surface area contributed by atoms with E-state index in [0.29, 0.717) is 28.4 Å². The van der Waals surface area contributed by atoms with Crippen molar-refractivity contribution in [3.63, 3.8) is 0 Å². The maximum atomic E-state index is 13.0. The molecule has 0 aliphatic carbocycles. The number of rotatable bonds is 7. The highest BCUT2D eigenvalue weighted by Crippen LogP contribution is 2.40. The lowest BCUT2D eigenvalue weighted by atomic mass is 9.94. The molecule has 2 amide bonds. The summed E-state index contributed by atoms with van der Waals surface area (Å²) in [5, 5.41) is 6.66. The summed E-state index contributed by atoms with van der Waals surface area (Å²) in [5.41, 5.74) is 6.03. The van der Waals surface area contributed by atoms with Crippen LogP contribution in [-0.2, 0) is 4.79 Å². The molecular formula is C28H29ClN4O2. The first-order valence-electron chi connectivity index (χ1n) is 12.1. The van der Waals surface area contributed by atoms with E-state index in [1.165, 1.54) is 12.8 Å². The number of nitrogens with one attached hydrogen (secondary N) is 3. The molecule has 1 fully saturated rings. The number of likely N-dealkylation sites (tertiary alicyclic amines) is 1. The molecule has 3 N–H and O–H groups in total. The number of hydrogen-bond donors (Lipinski definition) is 3. The summed E-state index contributed by atoms with van der Waals surface area (Å²) in [6.45, 7) is 5.86. The molecule has 6 nitrogen and oxygen atoms in total. The van der Waals surface area contributed by atoms with Gasteiger partial charge in [-0.25, -0.2) is 0 Å². The number of hydrogen-bond acceptors (Lipinski definition) is 3. The molecule has 7 heteroatoms. The van der Waals surface area contributed by atoms with Crippen LogP contribution in [0, 0.1) is 6.92 Å². The Morgan fingerprint density at radius 2 is 1.91 bits per heavy atom. The Balaban J connectivity index is 1.40. The summed E-state index contributed by atoms with van der Waals surface area (Å²) < 4.78 is 0. The quantitative estimate of drug-likeness (QED) is 0.310. The van der Waals surface area contributed by atoms with Gasteiger partial charge in [-0.1, -0.05) is 35.9 Å². The third kappa shape index (κ3) is 5.04. The number of carbonyl (C=O) groups is 2. The van der Waals surface area contributed by atoms with E-state index in [9.17, 15) is 9.59 Å². The minimum Gasteiger partial charge on any atom is -0.358 e. The van der Waals surface area contributed by atoms with Gasteiger partial charge in [-0.15, -0.1) is 0 Å². The van der Waals surface area contributed by atoms with E-state index in [0.717, 1.165) is 54.1 Å². The van der Waals surface area contributed by atoms with Gasteiger partial charge in [0.2, 0.25) is 0 Å². The summed E-state index contributed by atoms with van der Waals surface area (Å²) in [7, 11) is 0. The second kappa shape index (κ2) is 10.1. The largest absolute Gasteiger partial charge is 0.358 e. The molecule has 0 saturated carbocycles. The summed E-state index contributed by atoms with van der Waals surface area (Å²) in [6, 6.07) is 15.2. The van der Waals surface area contributed by atoms with Crippen molar-refractivity contribution in [2.75, 3.05) is 31.5 Å². The molecule has 0 radical (unpaired) electrons. The fourth-order valence-electron chi connectivity index (χ4n) is 4.92. The molecule has 35 heavy (non-hydrogen) atoms. The van der Waals surface area contributed by atoms with E-state index in [1.54, 1.807) is 6.08 Å². The van der Waals surface area contributed by atoms with Gasteiger partial charge in [-0.05, 0) is 87.3 Å². The highest BCUT2D eigenvalue weighted by Gasteiger charge is 2.28. The van der Waals surface area contributed by atoms with E-state index in [4.69, 9.17) is 11.6 Å². The van der Waals surface area contributed by atoms with Gasteiger partial charge >= 0.3 is 0 Å². The van der Waals surface area contributed by atoms with Crippen molar-refractivity contribution >= 4 is 40.8 Å². The molecule has 0 atom stereocenters. The zero-order valence-electron chi connectivity index (χ0n) is 19.8. The van der Waals surface area contributed by atoms with Crippen molar-refractivity contribution in [1.82, 2.24) is 15.2 Å². The topological polar surface area (TPSA) is 77.2 Å². The van der Waals surface area contributed by atoms with Crippen LogP contribution >= 0.6 is 11.6 Å². The molecule has 3 heterocycles. The maximum Gasteiger partial charge on any atom is 0.256 e. The van der Waals surface area contributed by atoms with Crippen LogP contribution < -0.4 is 10.6 Å². The lowest BCUT2D eigenvalue weighted by Crippen LogP contribution is -2.28. The number of halogens is 1. The lowest BCUT2D eigenvalue weighted by Gasteiger charge is -2.14. The minimum absolute atomic E-state index is 0.132. The van der Waals surface area contributed by atoms with Gasteiger partial charge in [0.1, 0.15) is 0 Å². The number of fused-ring (bicyclic) bond motifs is 1. The Morgan fingerprint density at radius 1 is 1.14 bits per heavy atom. The van der Waals surface area contributed by atoms with Gasteiger partial charge in [-0.3, -0.25) is 9.59 Å². The van der Waals surface area contributed by atoms with Gasteiger partial charge < -0.3 is 20.5 Å². The summed E-state index contributed by atoms with van der Waals surface area (Å²) in [6.07, 6.45) is 5.24. The van der Waals surface area contributed by atoms with Crippen LogP contribution in [0.3, 0.4) is 0 Å². The fraction of sp³-hybridized carbons (Fsp3) is 0.286. The number of aryl methyl sites for hydroxylation is 1. The molecule has 5 rings (SSSR count). The van der Waals surface area contributed by atoms with Gasteiger partial charge in [0.15, 0.2) is 0 Å². The van der Waals surface area contributed by atoms with Gasteiger partial charge in [-0.2, -0.15) is 0 Å². The van der Waals surface area contributed by atoms with Gasteiger partial charge in [0.25, 0.3) is 11.8 Å². The normalized spacial score (nSPS) is 16.5. The van der Waals surface area contributed by atoms with Crippen molar-refractivity contribution in [1.29, 1.82) is 0 Å². The predicted octanol–water partition coefficient (Wildman–Crippen LogP) is 5.35. The van der Waals surface area contributed by atoms with E-state index in [2.05, 4.69) is 20.5 Å². The first-order valence-corrected chi connectivity index (χ1v) is 12.5. The number of benzene rings is 2. The Hall–Kier alpha value is -3.35. The highest BCUT2D eigenvalue weighted by molar-refractivity contribution is 6.36. The number of H-pyrrole nitrogens is 1. The lowest BCUT2D eigenvalue weighted by molar-refractivity contribution is -0.110. The van der Waals surface area contributed by atoms with Crippen LogP contribution in [-0.4, -0.2) is 47.9 Å². The van der Waals surface area contributed by atoms with Crippen molar-refractivity contribution < 1.29 is 9.59 Å². The maximum absolute atomic E-state index is 13.0. The van der Waals surface area contributed by atoms with Crippen molar-refractivity contribution in [3.05, 3.63) is 76.1 Å². The van der Waals surface area contributed by atoms with Gasteiger partial charge in [0.05, 0.1) is 16.8 Å². The number of aromatic nitrogens is 1. The molecule has 2 aromatic carbocycles. The summed E-state index contributed by atoms with van der Waals surface area (Å²) in [5.74, 6) is -0.321. The van der Waals surface area contributed by atoms with E-state index in [1.807, 2.05) is 55.5 Å². The predicted molar refractivity (Wildman–Crippen MR) is 142 cm³/mol. The second-order valence-corrected chi connectivity index (χ2v) is 9.62. The standard InChI is InChI=1S/C28H29ClN4O2/c1-18-16-22(27(34)30-12-5-15-33-13-2-3-14-33)25(31-18)17-23-26-21(19-8-10-20(29)11-9-19)6-4-7-24(26)32-28(23)35/h4,6-11,16-17,31H,2-3,5,12-15H2,1H3,(H,30,34)(H,32,35)/b23-17-. The molecule has 180 valence electrons. The van der Waals surface area contributed by atoms with Crippen LogP contribution in [0.25, 0.3) is 22.8 Å². The van der Waals surface area contributed by atoms with E-state index < -0.39 is 0 Å². The van der Waals surface area contributed by atoms with E-state index >= 15 is 0 Å². The summed E-state index contributed by atoms with van der Waals surface area (Å²) >= 11 is 6.08.